The van der Waals surface area contributed by atoms with E-state index in [-0.39, 0.29) is 23.8 Å². The summed E-state index contributed by atoms with van der Waals surface area (Å²) in [5.41, 5.74) is 6.03. The first kappa shape index (κ1) is 16.0. The molecular formula is C14H27N3O2. The Balaban J connectivity index is 2.39. The van der Waals surface area contributed by atoms with Gasteiger partial charge in [-0.2, -0.15) is 0 Å². The fourth-order valence-electron chi connectivity index (χ4n) is 2.58. The summed E-state index contributed by atoms with van der Waals surface area (Å²) in [6.07, 6.45) is 4.78. The number of carbonyl (C=O) groups excluding carboxylic acids is 2. The number of likely N-dealkylation sites (N-methyl/N-ethyl adjacent to an activating group) is 1. The second kappa shape index (κ2) is 7.48. The van der Waals surface area contributed by atoms with Crippen molar-refractivity contribution in [3.05, 3.63) is 0 Å². The highest BCUT2D eigenvalue weighted by atomic mass is 16.2. The molecule has 1 saturated carbocycles. The third-order valence-electron chi connectivity index (χ3n) is 4.01. The zero-order chi connectivity index (χ0) is 14.4. The van der Waals surface area contributed by atoms with Crippen molar-refractivity contribution in [3.8, 4) is 0 Å². The molecular weight excluding hydrogens is 242 g/mol. The Morgan fingerprint density at radius 2 is 2.00 bits per heavy atom. The lowest BCUT2D eigenvalue weighted by Crippen LogP contribution is -2.46. The number of nitrogens with two attached hydrogens (primary N) is 1. The number of amides is 2. The van der Waals surface area contributed by atoms with Crippen LogP contribution in [0.2, 0.25) is 0 Å². The minimum Gasteiger partial charge on any atom is -0.345 e. The minimum atomic E-state index is -0.461. The van der Waals surface area contributed by atoms with Crippen LogP contribution in [-0.4, -0.2) is 42.4 Å². The lowest BCUT2D eigenvalue weighted by atomic mass is 9.83. The summed E-state index contributed by atoms with van der Waals surface area (Å²) in [7, 11) is 1.74. The molecule has 0 radical (unpaired) electrons. The van der Waals surface area contributed by atoms with Crippen LogP contribution in [0.4, 0.5) is 0 Å². The summed E-state index contributed by atoms with van der Waals surface area (Å²) in [6.45, 7) is 4.28. The first-order valence-electron chi connectivity index (χ1n) is 7.25. The van der Waals surface area contributed by atoms with Gasteiger partial charge in [0.05, 0.1) is 0 Å². The molecule has 2 amide bonds. The van der Waals surface area contributed by atoms with Crippen LogP contribution in [0.15, 0.2) is 0 Å². The van der Waals surface area contributed by atoms with Crippen molar-refractivity contribution in [1.29, 1.82) is 0 Å². The van der Waals surface area contributed by atoms with Gasteiger partial charge in [0.1, 0.15) is 6.04 Å². The molecule has 0 spiro atoms. The largest absolute Gasteiger partial charge is 0.345 e. The molecule has 5 heteroatoms. The van der Waals surface area contributed by atoms with Crippen molar-refractivity contribution in [2.75, 3.05) is 13.6 Å². The van der Waals surface area contributed by atoms with Gasteiger partial charge in [-0.1, -0.05) is 12.8 Å². The monoisotopic (exact) mass is 269 g/mol. The predicted octanol–water partition coefficient (Wildman–Crippen LogP) is 0.877. The van der Waals surface area contributed by atoms with E-state index in [0.717, 1.165) is 25.7 Å². The Morgan fingerprint density at radius 1 is 1.37 bits per heavy atom. The summed E-state index contributed by atoms with van der Waals surface area (Å²) in [6, 6.07) is -0.332. The van der Waals surface area contributed by atoms with E-state index in [4.69, 9.17) is 5.73 Å². The Kier molecular flexibility index (Phi) is 6.28. The number of hydrogen-bond acceptors (Lipinski definition) is 3. The maximum Gasteiger partial charge on any atom is 0.244 e. The Morgan fingerprint density at radius 3 is 2.58 bits per heavy atom. The Labute approximate surface area is 115 Å². The standard InChI is InChI=1S/C14H27N3O2/c1-4-17(3)14(19)10(2)16-13(18)9-11-7-5-6-8-12(11)15/h10-12H,4-9,15H2,1-3H3,(H,16,18). The zero-order valence-electron chi connectivity index (χ0n) is 12.3. The molecule has 19 heavy (non-hydrogen) atoms. The molecule has 0 aromatic rings. The van der Waals surface area contributed by atoms with E-state index >= 15 is 0 Å². The summed E-state index contributed by atoms with van der Waals surface area (Å²) >= 11 is 0. The van der Waals surface area contributed by atoms with Gasteiger partial charge in [-0.15, -0.1) is 0 Å². The SMILES string of the molecule is CCN(C)C(=O)C(C)NC(=O)CC1CCCCC1N. The fraction of sp³-hybridized carbons (Fsp3) is 0.857. The summed E-state index contributed by atoms with van der Waals surface area (Å²) in [5, 5.41) is 2.78. The van der Waals surface area contributed by atoms with Crippen LogP contribution in [0.1, 0.15) is 46.0 Å². The van der Waals surface area contributed by atoms with Gasteiger partial charge in [-0.05, 0) is 32.6 Å². The molecule has 3 unspecified atom stereocenters. The molecule has 3 N–H and O–H groups in total. The zero-order valence-corrected chi connectivity index (χ0v) is 12.3. The van der Waals surface area contributed by atoms with E-state index in [2.05, 4.69) is 5.32 Å². The average Bonchev–Trinajstić information content (AvgIpc) is 2.39. The van der Waals surface area contributed by atoms with Gasteiger partial charge in [-0.25, -0.2) is 0 Å². The molecule has 3 atom stereocenters. The number of carbonyl (C=O) groups is 2. The minimum absolute atomic E-state index is 0.0520. The maximum atomic E-state index is 11.9. The molecule has 1 fully saturated rings. The first-order chi connectivity index (χ1) is 8.95. The number of rotatable bonds is 5. The topological polar surface area (TPSA) is 75.4 Å². The van der Waals surface area contributed by atoms with Gasteiger partial charge >= 0.3 is 0 Å². The molecule has 110 valence electrons. The molecule has 1 rings (SSSR count). The third-order valence-corrected chi connectivity index (χ3v) is 4.01. The molecule has 1 aliphatic carbocycles. The first-order valence-corrected chi connectivity index (χ1v) is 7.25. The van der Waals surface area contributed by atoms with Crippen molar-refractivity contribution in [3.63, 3.8) is 0 Å². The molecule has 5 nitrogen and oxygen atoms in total. The molecule has 1 aliphatic rings. The van der Waals surface area contributed by atoms with E-state index in [1.807, 2.05) is 6.92 Å². The predicted molar refractivity (Wildman–Crippen MR) is 75.5 cm³/mol. The average molecular weight is 269 g/mol. The van der Waals surface area contributed by atoms with E-state index in [9.17, 15) is 9.59 Å². The molecule has 0 aliphatic heterocycles. The highest BCUT2D eigenvalue weighted by Crippen LogP contribution is 2.25. The van der Waals surface area contributed by atoms with Gasteiger partial charge < -0.3 is 16.0 Å². The van der Waals surface area contributed by atoms with Gasteiger partial charge in [-0.3, -0.25) is 9.59 Å². The molecule has 0 saturated heterocycles. The molecule has 0 bridgehead atoms. The second-order valence-electron chi connectivity index (χ2n) is 5.55. The van der Waals surface area contributed by atoms with Crippen LogP contribution in [0, 0.1) is 5.92 Å². The molecule has 0 heterocycles. The lowest BCUT2D eigenvalue weighted by Gasteiger charge is -2.28. The van der Waals surface area contributed by atoms with Crippen molar-refractivity contribution >= 4 is 11.8 Å². The normalized spacial score (nSPS) is 24.6. The van der Waals surface area contributed by atoms with Crippen LogP contribution in [0.25, 0.3) is 0 Å². The van der Waals surface area contributed by atoms with Crippen LogP contribution in [0.5, 0.6) is 0 Å². The van der Waals surface area contributed by atoms with Crippen LogP contribution in [-0.2, 0) is 9.59 Å². The van der Waals surface area contributed by atoms with Crippen molar-refractivity contribution in [1.82, 2.24) is 10.2 Å². The summed E-state index contributed by atoms with van der Waals surface area (Å²) < 4.78 is 0. The summed E-state index contributed by atoms with van der Waals surface area (Å²) in [4.78, 5) is 25.4. The van der Waals surface area contributed by atoms with E-state index in [0.29, 0.717) is 13.0 Å². The van der Waals surface area contributed by atoms with Gasteiger partial charge in [0.2, 0.25) is 11.8 Å². The van der Waals surface area contributed by atoms with E-state index < -0.39 is 6.04 Å². The van der Waals surface area contributed by atoms with Gasteiger partial charge in [0, 0.05) is 26.1 Å². The van der Waals surface area contributed by atoms with Crippen molar-refractivity contribution < 1.29 is 9.59 Å². The maximum absolute atomic E-state index is 11.9. The Hall–Kier alpha value is -1.10. The van der Waals surface area contributed by atoms with E-state index in [1.165, 1.54) is 0 Å². The third kappa shape index (κ3) is 4.82. The highest BCUT2D eigenvalue weighted by molar-refractivity contribution is 5.87. The van der Waals surface area contributed by atoms with Crippen LogP contribution in [0.3, 0.4) is 0 Å². The van der Waals surface area contributed by atoms with Crippen LogP contribution < -0.4 is 11.1 Å². The molecule has 0 aromatic heterocycles. The Bertz CT molecular complexity index is 320. The number of nitrogens with zero attached hydrogens (tertiary/aromatic N) is 1. The van der Waals surface area contributed by atoms with Gasteiger partial charge in [0.25, 0.3) is 0 Å². The molecule has 0 aromatic carbocycles. The number of nitrogens with one attached hydrogen (secondary N) is 1. The number of hydrogen-bond donors (Lipinski definition) is 2. The van der Waals surface area contributed by atoms with E-state index in [1.54, 1.807) is 18.9 Å². The van der Waals surface area contributed by atoms with Crippen LogP contribution >= 0.6 is 0 Å². The second-order valence-corrected chi connectivity index (χ2v) is 5.55. The van der Waals surface area contributed by atoms with Crippen molar-refractivity contribution in [2.45, 2.75) is 58.0 Å². The lowest BCUT2D eigenvalue weighted by molar-refractivity contribution is -0.135. The quantitative estimate of drug-likeness (QED) is 0.778. The highest BCUT2D eigenvalue weighted by Gasteiger charge is 2.25. The summed E-state index contributed by atoms with van der Waals surface area (Å²) in [5.74, 6) is 0.149. The van der Waals surface area contributed by atoms with Crippen molar-refractivity contribution in [2.24, 2.45) is 11.7 Å². The fourth-order valence-corrected chi connectivity index (χ4v) is 2.58. The smallest absolute Gasteiger partial charge is 0.244 e. The van der Waals surface area contributed by atoms with Gasteiger partial charge in [0.15, 0.2) is 0 Å².